The first-order valence-corrected chi connectivity index (χ1v) is 6.34. The van der Waals surface area contributed by atoms with Gasteiger partial charge in [-0.2, -0.15) is 5.10 Å². The number of nitrogens with two attached hydrogens (primary N) is 1. The molecule has 0 aromatic rings. The Labute approximate surface area is 109 Å². The standard InChI is InChI=1S/C14H23N3O/c1-6-8-9-11-12(10(3)7-2)14(4,5)17(16-11)13(15)18/h7,12H,2-3,6,8-9H2,1,4-5H3,(H2,15,18). The zero-order valence-corrected chi connectivity index (χ0v) is 11.6. The molecular weight excluding hydrogens is 226 g/mol. The number of unbranched alkanes of at least 4 members (excludes halogenated alkanes) is 1. The molecule has 4 nitrogen and oxygen atoms in total. The SMILES string of the molecule is C=CC(=C)C1C(CCCC)=NN(C(N)=O)C1(C)C. The highest BCUT2D eigenvalue weighted by molar-refractivity contribution is 5.94. The topological polar surface area (TPSA) is 58.7 Å². The predicted octanol–water partition coefficient (Wildman–Crippen LogP) is 3.06. The Kier molecular flexibility index (Phi) is 4.33. The average Bonchev–Trinajstić information content (AvgIpc) is 2.57. The lowest BCUT2D eigenvalue weighted by atomic mass is 9.78. The van der Waals surface area contributed by atoms with Crippen molar-refractivity contribution in [3.8, 4) is 0 Å². The summed E-state index contributed by atoms with van der Waals surface area (Å²) in [4.78, 5) is 11.5. The van der Waals surface area contributed by atoms with Crippen LogP contribution in [0.1, 0.15) is 40.0 Å². The maximum atomic E-state index is 11.5. The fourth-order valence-electron chi connectivity index (χ4n) is 2.52. The van der Waals surface area contributed by atoms with Crippen LogP contribution in [-0.4, -0.2) is 22.3 Å². The van der Waals surface area contributed by atoms with Crippen LogP contribution < -0.4 is 5.73 Å². The first-order chi connectivity index (χ1) is 8.36. The van der Waals surface area contributed by atoms with Gasteiger partial charge in [0.25, 0.3) is 0 Å². The molecule has 1 heterocycles. The van der Waals surface area contributed by atoms with Crippen LogP contribution >= 0.6 is 0 Å². The first-order valence-electron chi connectivity index (χ1n) is 6.34. The van der Waals surface area contributed by atoms with Crippen molar-refractivity contribution in [1.29, 1.82) is 0 Å². The molecule has 2 amide bonds. The highest BCUT2D eigenvalue weighted by atomic mass is 16.2. The maximum Gasteiger partial charge on any atom is 0.335 e. The van der Waals surface area contributed by atoms with E-state index in [0.717, 1.165) is 30.5 Å². The molecule has 0 spiro atoms. The lowest BCUT2D eigenvalue weighted by molar-refractivity contribution is 0.148. The minimum absolute atomic E-state index is 0.00838. The van der Waals surface area contributed by atoms with E-state index < -0.39 is 11.6 Å². The number of hydrazone groups is 1. The quantitative estimate of drug-likeness (QED) is 0.748. The van der Waals surface area contributed by atoms with E-state index in [0.29, 0.717) is 0 Å². The molecule has 1 unspecified atom stereocenters. The van der Waals surface area contributed by atoms with Crippen LogP contribution in [0.4, 0.5) is 4.79 Å². The van der Waals surface area contributed by atoms with Crippen molar-refractivity contribution in [3.63, 3.8) is 0 Å². The average molecular weight is 249 g/mol. The van der Waals surface area contributed by atoms with Crippen LogP contribution in [0.2, 0.25) is 0 Å². The van der Waals surface area contributed by atoms with Crippen molar-refractivity contribution in [2.45, 2.75) is 45.6 Å². The number of hydrogen-bond acceptors (Lipinski definition) is 2. The van der Waals surface area contributed by atoms with Gasteiger partial charge in [0.05, 0.1) is 5.54 Å². The van der Waals surface area contributed by atoms with E-state index in [1.54, 1.807) is 6.08 Å². The Bertz CT molecular complexity index is 396. The number of rotatable bonds is 5. The van der Waals surface area contributed by atoms with Crippen LogP contribution in [0.5, 0.6) is 0 Å². The summed E-state index contributed by atoms with van der Waals surface area (Å²) in [5, 5.41) is 5.77. The van der Waals surface area contributed by atoms with Gasteiger partial charge >= 0.3 is 6.03 Å². The third-order valence-electron chi connectivity index (χ3n) is 3.44. The Morgan fingerprint density at radius 3 is 2.67 bits per heavy atom. The molecule has 0 aromatic heterocycles. The molecule has 1 aliphatic rings. The molecular formula is C14H23N3O. The summed E-state index contributed by atoms with van der Waals surface area (Å²) < 4.78 is 0. The molecule has 0 aromatic carbocycles. The molecule has 0 saturated heterocycles. The molecule has 1 atom stereocenters. The minimum atomic E-state index is -0.520. The van der Waals surface area contributed by atoms with Gasteiger partial charge in [0, 0.05) is 11.6 Å². The third-order valence-corrected chi connectivity index (χ3v) is 3.44. The second-order valence-corrected chi connectivity index (χ2v) is 5.21. The smallest absolute Gasteiger partial charge is 0.335 e. The summed E-state index contributed by atoms with van der Waals surface area (Å²) in [7, 11) is 0. The van der Waals surface area contributed by atoms with E-state index in [1.807, 2.05) is 13.8 Å². The zero-order valence-electron chi connectivity index (χ0n) is 11.6. The monoisotopic (exact) mass is 249 g/mol. The summed E-state index contributed by atoms with van der Waals surface area (Å²) in [6, 6.07) is -0.520. The molecule has 18 heavy (non-hydrogen) atoms. The van der Waals surface area contributed by atoms with E-state index in [4.69, 9.17) is 5.73 Å². The van der Waals surface area contributed by atoms with Crippen molar-refractivity contribution in [2.24, 2.45) is 16.8 Å². The largest absolute Gasteiger partial charge is 0.350 e. The molecule has 1 aliphatic heterocycles. The van der Waals surface area contributed by atoms with Crippen molar-refractivity contribution >= 4 is 11.7 Å². The van der Waals surface area contributed by atoms with Crippen LogP contribution in [0.3, 0.4) is 0 Å². The van der Waals surface area contributed by atoms with Gasteiger partial charge in [-0.25, -0.2) is 9.80 Å². The summed E-state index contributed by atoms with van der Waals surface area (Å²) in [5.41, 5.74) is 6.79. The Balaban J connectivity index is 3.10. The highest BCUT2D eigenvalue weighted by Gasteiger charge is 2.46. The molecule has 2 N–H and O–H groups in total. The number of nitrogens with zero attached hydrogens (tertiary/aromatic N) is 2. The second-order valence-electron chi connectivity index (χ2n) is 5.21. The van der Waals surface area contributed by atoms with Gasteiger partial charge in [-0.15, -0.1) is 0 Å². The van der Waals surface area contributed by atoms with E-state index in [1.165, 1.54) is 5.01 Å². The van der Waals surface area contributed by atoms with E-state index in [2.05, 4.69) is 25.2 Å². The van der Waals surface area contributed by atoms with E-state index in [9.17, 15) is 4.79 Å². The number of primary amides is 1. The van der Waals surface area contributed by atoms with Gasteiger partial charge in [0.2, 0.25) is 0 Å². The van der Waals surface area contributed by atoms with E-state index in [-0.39, 0.29) is 5.92 Å². The molecule has 0 bridgehead atoms. The lowest BCUT2D eigenvalue weighted by Gasteiger charge is -2.33. The Morgan fingerprint density at radius 2 is 2.22 bits per heavy atom. The van der Waals surface area contributed by atoms with Crippen molar-refractivity contribution < 1.29 is 4.79 Å². The fraction of sp³-hybridized carbons (Fsp3) is 0.571. The molecule has 4 heteroatoms. The van der Waals surface area contributed by atoms with Crippen LogP contribution in [0, 0.1) is 5.92 Å². The molecule has 0 aliphatic carbocycles. The van der Waals surface area contributed by atoms with Crippen molar-refractivity contribution in [1.82, 2.24) is 5.01 Å². The van der Waals surface area contributed by atoms with Gasteiger partial charge in [-0.1, -0.05) is 32.6 Å². The summed E-state index contributed by atoms with van der Waals surface area (Å²) >= 11 is 0. The maximum absolute atomic E-state index is 11.5. The molecule has 0 radical (unpaired) electrons. The van der Waals surface area contributed by atoms with Gasteiger partial charge < -0.3 is 5.73 Å². The Morgan fingerprint density at radius 1 is 1.61 bits per heavy atom. The van der Waals surface area contributed by atoms with Crippen LogP contribution in [0.25, 0.3) is 0 Å². The fourth-order valence-corrected chi connectivity index (χ4v) is 2.52. The van der Waals surface area contributed by atoms with Gasteiger partial charge in [-0.3, -0.25) is 0 Å². The minimum Gasteiger partial charge on any atom is -0.350 e. The Hall–Kier alpha value is -1.58. The second kappa shape index (κ2) is 5.38. The van der Waals surface area contributed by atoms with Gasteiger partial charge in [-0.05, 0) is 32.3 Å². The van der Waals surface area contributed by atoms with Crippen molar-refractivity contribution in [2.75, 3.05) is 0 Å². The van der Waals surface area contributed by atoms with Crippen LogP contribution in [0.15, 0.2) is 29.9 Å². The summed E-state index contributed by atoms with van der Waals surface area (Å²) in [6.45, 7) is 13.8. The van der Waals surface area contributed by atoms with Gasteiger partial charge in [0.15, 0.2) is 0 Å². The van der Waals surface area contributed by atoms with E-state index >= 15 is 0 Å². The first kappa shape index (κ1) is 14.5. The van der Waals surface area contributed by atoms with Gasteiger partial charge in [0.1, 0.15) is 0 Å². The summed E-state index contributed by atoms with van der Waals surface area (Å²) in [5.74, 6) is 0.00838. The number of amides is 2. The predicted molar refractivity (Wildman–Crippen MR) is 75.3 cm³/mol. The molecule has 0 fully saturated rings. The number of hydrogen-bond donors (Lipinski definition) is 1. The number of allylic oxidation sites excluding steroid dienone is 1. The third kappa shape index (κ3) is 2.47. The number of carbonyl (C=O) groups is 1. The molecule has 1 rings (SSSR count). The lowest BCUT2D eigenvalue weighted by Crippen LogP contribution is -2.48. The highest BCUT2D eigenvalue weighted by Crippen LogP contribution is 2.38. The van der Waals surface area contributed by atoms with Crippen molar-refractivity contribution in [3.05, 3.63) is 24.8 Å². The molecule has 100 valence electrons. The summed E-state index contributed by atoms with van der Waals surface area (Å²) in [6.07, 6.45) is 4.73. The number of urea groups is 1. The number of carbonyl (C=O) groups excluding carboxylic acids is 1. The zero-order chi connectivity index (χ0) is 13.9. The van der Waals surface area contributed by atoms with Crippen LogP contribution in [-0.2, 0) is 0 Å². The normalized spacial score (nSPS) is 21.6. The molecule has 0 saturated carbocycles.